The Morgan fingerprint density at radius 1 is 1.37 bits per heavy atom. The highest BCUT2D eigenvalue weighted by Crippen LogP contribution is 2.26. The third-order valence-corrected chi connectivity index (χ3v) is 3.15. The lowest BCUT2D eigenvalue weighted by Gasteiger charge is -2.13. The normalized spacial score (nSPS) is 10.5. The topological polar surface area (TPSA) is 78.3 Å². The molecule has 2 heterocycles. The van der Waals surface area contributed by atoms with Crippen LogP contribution in [0.25, 0.3) is 0 Å². The summed E-state index contributed by atoms with van der Waals surface area (Å²) >= 11 is 6.01. The average molecular weight is 280 g/mol. The third kappa shape index (κ3) is 2.94. The molecule has 3 N–H and O–H groups in total. The van der Waals surface area contributed by atoms with E-state index in [1.807, 2.05) is 0 Å². The van der Waals surface area contributed by atoms with Gasteiger partial charge in [0, 0.05) is 30.1 Å². The Bertz CT molecular complexity index is 590. The Kier molecular flexibility index (Phi) is 4.19. The fourth-order valence-electron chi connectivity index (χ4n) is 1.71. The van der Waals surface area contributed by atoms with Gasteiger partial charge in [0.2, 0.25) is 0 Å². The summed E-state index contributed by atoms with van der Waals surface area (Å²) in [5.74, 6) is 0.0825. The molecule has 5 nitrogen and oxygen atoms in total. The molecule has 19 heavy (non-hydrogen) atoms. The largest absolute Gasteiger partial charge is 0.506 e. The predicted molar refractivity (Wildman–Crippen MR) is 73.1 cm³/mol. The Morgan fingerprint density at radius 3 is 2.84 bits per heavy atom. The highest BCUT2D eigenvalue weighted by Gasteiger charge is 2.11. The summed E-state index contributed by atoms with van der Waals surface area (Å²) in [7, 11) is 0. The Hall–Kier alpha value is -1.85. The summed E-state index contributed by atoms with van der Waals surface area (Å²) in [4.78, 5) is 7.98. The van der Waals surface area contributed by atoms with E-state index in [0.717, 1.165) is 0 Å². The first-order chi connectivity index (χ1) is 9.13. The second kappa shape index (κ2) is 5.86. The molecule has 6 heteroatoms. The summed E-state index contributed by atoms with van der Waals surface area (Å²) < 4.78 is 0. The van der Waals surface area contributed by atoms with E-state index < -0.39 is 0 Å². The van der Waals surface area contributed by atoms with Gasteiger partial charge in [-0.1, -0.05) is 11.6 Å². The fraction of sp³-hybridized carbons (Fsp3) is 0.231. The molecular weight excluding hydrogens is 266 g/mol. The number of hydrogen-bond donors (Lipinski definition) is 3. The van der Waals surface area contributed by atoms with Gasteiger partial charge in [-0.05, 0) is 13.0 Å². The summed E-state index contributed by atoms with van der Waals surface area (Å²) in [6, 6.07) is 1.68. The highest BCUT2D eigenvalue weighted by atomic mass is 35.5. The van der Waals surface area contributed by atoms with Crippen molar-refractivity contribution in [3.63, 3.8) is 0 Å². The van der Waals surface area contributed by atoms with Crippen LogP contribution in [0.5, 0.6) is 5.75 Å². The van der Waals surface area contributed by atoms with Crippen LogP contribution in [-0.2, 0) is 13.2 Å². The first-order valence-corrected chi connectivity index (χ1v) is 6.12. The number of aliphatic hydroxyl groups is 1. The lowest BCUT2D eigenvalue weighted by molar-refractivity contribution is 0.279. The number of anilines is 1. The second-order valence-electron chi connectivity index (χ2n) is 4.06. The van der Waals surface area contributed by atoms with Crippen LogP contribution < -0.4 is 5.32 Å². The Labute approximate surface area is 115 Å². The number of nitrogens with one attached hydrogen (secondary N) is 1. The quantitative estimate of drug-likeness (QED) is 0.800. The van der Waals surface area contributed by atoms with Crippen molar-refractivity contribution in [2.75, 3.05) is 5.32 Å². The van der Waals surface area contributed by atoms with E-state index in [1.54, 1.807) is 31.6 Å². The summed E-state index contributed by atoms with van der Waals surface area (Å²) in [6.07, 6.45) is 4.75. The van der Waals surface area contributed by atoms with Crippen molar-refractivity contribution in [2.45, 2.75) is 20.1 Å². The van der Waals surface area contributed by atoms with Gasteiger partial charge in [0.05, 0.1) is 29.2 Å². The first-order valence-electron chi connectivity index (χ1n) is 5.74. The lowest BCUT2D eigenvalue weighted by atomic mass is 10.1. The third-order valence-electron chi connectivity index (χ3n) is 2.82. The molecule has 100 valence electrons. The molecule has 0 bridgehead atoms. The summed E-state index contributed by atoms with van der Waals surface area (Å²) in [6.45, 7) is 1.85. The van der Waals surface area contributed by atoms with E-state index >= 15 is 0 Å². The van der Waals surface area contributed by atoms with Crippen molar-refractivity contribution < 1.29 is 10.2 Å². The van der Waals surface area contributed by atoms with Gasteiger partial charge in [0.25, 0.3) is 0 Å². The summed E-state index contributed by atoms with van der Waals surface area (Å²) in [5.41, 5.74) is 2.37. The van der Waals surface area contributed by atoms with E-state index in [-0.39, 0.29) is 12.4 Å². The van der Waals surface area contributed by atoms with Gasteiger partial charge in [-0.3, -0.25) is 9.97 Å². The molecule has 0 atom stereocenters. The fourth-order valence-corrected chi connectivity index (χ4v) is 1.88. The summed E-state index contributed by atoms with van der Waals surface area (Å²) in [5, 5.41) is 22.9. The molecule has 0 aliphatic heterocycles. The molecule has 0 saturated heterocycles. The van der Waals surface area contributed by atoms with Crippen molar-refractivity contribution in [1.82, 2.24) is 9.97 Å². The van der Waals surface area contributed by atoms with Gasteiger partial charge in [0.15, 0.2) is 0 Å². The minimum atomic E-state index is -0.182. The average Bonchev–Trinajstić information content (AvgIpc) is 2.42. The highest BCUT2D eigenvalue weighted by molar-refractivity contribution is 6.33. The molecule has 2 rings (SSSR count). The van der Waals surface area contributed by atoms with Crippen LogP contribution in [0.2, 0.25) is 5.02 Å². The van der Waals surface area contributed by atoms with Crippen molar-refractivity contribution in [2.24, 2.45) is 0 Å². The van der Waals surface area contributed by atoms with E-state index in [1.165, 1.54) is 0 Å². The maximum atomic E-state index is 9.99. The minimum absolute atomic E-state index is 0.0825. The monoisotopic (exact) mass is 279 g/mol. The molecule has 0 fully saturated rings. The number of nitrogens with zero attached hydrogens (tertiary/aromatic N) is 2. The number of pyridine rings is 2. The molecular formula is C13H14ClN3O2. The van der Waals surface area contributed by atoms with Gasteiger partial charge < -0.3 is 15.5 Å². The van der Waals surface area contributed by atoms with Crippen LogP contribution in [0.4, 0.5) is 5.69 Å². The molecule has 2 aromatic heterocycles. The number of rotatable bonds is 4. The van der Waals surface area contributed by atoms with Crippen LogP contribution in [0, 0.1) is 6.92 Å². The molecule has 0 aliphatic carbocycles. The van der Waals surface area contributed by atoms with Crippen molar-refractivity contribution in [3.05, 3.63) is 46.5 Å². The number of aliphatic hydroxyl groups excluding tert-OH is 1. The molecule has 0 spiro atoms. The van der Waals surface area contributed by atoms with Crippen LogP contribution in [0.1, 0.15) is 16.8 Å². The molecule has 0 amide bonds. The SMILES string of the molecule is Cc1ncc(CO)c(CNc2cnccc2Cl)c1O. The van der Waals surface area contributed by atoms with E-state index in [4.69, 9.17) is 11.6 Å². The minimum Gasteiger partial charge on any atom is -0.506 e. The number of halogens is 1. The van der Waals surface area contributed by atoms with Crippen molar-refractivity contribution in [3.8, 4) is 5.75 Å². The second-order valence-corrected chi connectivity index (χ2v) is 4.47. The predicted octanol–water partition coefficient (Wildman–Crippen LogP) is 2.25. The first kappa shape index (κ1) is 13.6. The molecule has 0 radical (unpaired) electrons. The van der Waals surface area contributed by atoms with E-state index in [9.17, 15) is 10.2 Å². The zero-order chi connectivity index (χ0) is 13.8. The standard InChI is InChI=1S/C13H14ClN3O2/c1-8-13(19)10(9(7-18)4-16-8)5-17-12-6-15-3-2-11(12)14/h2-4,6,17-19H,5,7H2,1H3. The molecule has 0 unspecified atom stereocenters. The van der Waals surface area contributed by atoms with Gasteiger partial charge >= 0.3 is 0 Å². The van der Waals surface area contributed by atoms with Gasteiger partial charge in [-0.25, -0.2) is 0 Å². The smallest absolute Gasteiger partial charge is 0.142 e. The van der Waals surface area contributed by atoms with Crippen LogP contribution >= 0.6 is 11.6 Å². The van der Waals surface area contributed by atoms with Crippen LogP contribution in [0.3, 0.4) is 0 Å². The van der Waals surface area contributed by atoms with Gasteiger partial charge in [-0.2, -0.15) is 0 Å². The number of hydrogen-bond acceptors (Lipinski definition) is 5. The zero-order valence-corrected chi connectivity index (χ0v) is 11.1. The Morgan fingerprint density at radius 2 is 2.16 bits per heavy atom. The zero-order valence-electron chi connectivity index (χ0n) is 10.4. The molecule has 0 aliphatic rings. The molecule has 2 aromatic rings. The maximum absolute atomic E-state index is 9.99. The Balaban J connectivity index is 2.24. The number of aromatic nitrogens is 2. The van der Waals surface area contributed by atoms with Crippen molar-refractivity contribution in [1.29, 1.82) is 0 Å². The lowest BCUT2D eigenvalue weighted by Crippen LogP contribution is -2.06. The van der Waals surface area contributed by atoms with Gasteiger partial charge in [0.1, 0.15) is 5.75 Å². The van der Waals surface area contributed by atoms with Crippen molar-refractivity contribution >= 4 is 17.3 Å². The van der Waals surface area contributed by atoms with E-state index in [2.05, 4.69) is 15.3 Å². The number of aromatic hydroxyl groups is 1. The van der Waals surface area contributed by atoms with Crippen LogP contribution in [0.15, 0.2) is 24.7 Å². The van der Waals surface area contributed by atoms with E-state index in [0.29, 0.717) is 34.1 Å². The maximum Gasteiger partial charge on any atom is 0.142 e. The molecule has 0 saturated carbocycles. The van der Waals surface area contributed by atoms with Gasteiger partial charge in [-0.15, -0.1) is 0 Å². The molecule has 0 aromatic carbocycles. The number of aryl methyl sites for hydroxylation is 1. The van der Waals surface area contributed by atoms with Crippen LogP contribution in [-0.4, -0.2) is 20.2 Å².